The Balaban J connectivity index is 1.28. The lowest BCUT2D eigenvalue weighted by Crippen LogP contribution is -2.48. The van der Waals surface area contributed by atoms with Crippen molar-refractivity contribution in [3.05, 3.63) is 35.4 Å². The first-order valence-corrected chi connectivity index (χ1v) is 12.8. The van der Waals surface area contributed by atoms with Gasteiger partial charge in [-0.05, 0) is 56.3 Å². The van der Waals surface area contributed by atoms with Crippen molar-refractivity contribution in [1.29, 1.82) is 0 Å². The second-order valence-electron chi connectivity index (χ2n) is 10.1. The number of aromatic nitrogens is 2. The van der Waals surface area contributed by atoms with E-state index < -0.39 is 0 Å². The van der Waals surface area contributed by atoms with Crippen LogP contribution < -0.4 is 16.0 Å². The molecule has 2 aliphatic heterocycles. The molecular weight excluding hydrogens is 442 g/mol. The quantitative estimate of drug-likeness (QED) is 0.695. The van der Waals surface area contributed by atoms with Crippen LogP contribution in [0.3, 0.4) is 0 Å². The van der Waals surface area contributed by atoms with Crippen LogP contribution in [0.15, 0.2) is 24.3 Å². The van der Waals surface area contributed by atoms with Gasteiger partial charge in [0, 0.05) is 64.0 Å². The third kappa shape index (κ3) is 5.51. The highest BCUT2D eigenvalue weighted by molar-refractivity contribution is 5.75. The molecule has 188 valence electrons. The van der Waals surface area contributed by atoms with E-state index in [0.717, 1.165) is 81.9 Å². The van der Waals surface area contributed by atoms with Crippen LogP contribution in [0.5, 0.6) is 0 Å². The number of anilines is 2. The molecule has 0 atom stereocenters. The summed E-state index contributed by atoms with van der Waals surface area (Å²) in [5.41, 5.74) is 10.4. The third-order valence-corrected chi connectivity index (χ3v) is 7.69. The number of urea groups is 1. The number of rotatable bonds is 4. The van der Waals surface area contributed by atoms with Gasteiger partial charge in [-0.1, -0.05) is 12.1 Å². The van der Waals surface area contributed by atoms with E-state index in [4.69, 9.17) is 10.5 Å². The molecule has 3 N–H and O–H groups in total. The number of fused-ring (bicyclic) bond motifs is 1. The summed E-state index contributed by atoms with van der Waals surface area (Å²) in [5.74, 6) is 1.17. The molecule has 0 spiro atoms. The zero-order valence-corrected chi connectivity index (χ0v) is 20.9. The SMILES string of the molecule is COC1CCC(NC(=O)N2CCc3ccc(-c4cc(N5CCN(C)CC5)nc(N)n4)cc3C2)CC1. The highest BCUT2D eigenvalue weighted by Crippen LogP contribution is 2.28. The van der Waals surface area contributed by atoms with Crippen molar-refractivity contribution in [1.82, 2.24) is 25.1 Å². The molecule has 2 amide bonds. The monoisotopic (exact) mass is 479 g/mol. The number of hydrogen-bond donors (Lipinski definition) is 2. The smallest absolute Gasteiger partial charge is 0.317 e. The van der Waals surface area contributed by atoms with E-state index in [-0.39, 0.29) is 12.1 Å². The molecule has 35 heavy (non-hydrogen) atoms. The number of methoxy groups -OCH3 is 1. The van der Waals surface area contributed by atoms with Crippen molar-refractivity contribution in [2.45, 2.75) is 50.8 Å². The Morgan fingerprint density at radius 3 is 2.54 bits per heavy atom. The molecule has 3 heterocycles. The van der Waals surface area contributed by atoms with Gasteiger partial charge < -0.3 is 30.5 Å². The number of nitrogens with zero attached hydrogens (tertiary/aromatic N) is 5. The van der Waals surface area contributed by atoms with Crippen molar-refractivity contribution in [3.63, 3.8) is 0 Å². The average Bonchev–Trinajstić information content (AvgIpc) is 2.88. The van der Waals surface area contributed by atoms with E-state index in [1.165, 1.54) is 11.1 Å². The number of piperazine rings is 1. The molecule has 0 bridgehead atoms. The van der Waals surface area contributed by atoms with Crippen molar-refractivity contribution < 1.29 is 9.53 Å². The molecule has 0 unspecified atom stereocenters. The number of carbonyl (C=O) groups is 1. The summed E-state index contributed by atoms with van der Waals surface area (Å²) in [6.45, 7) is 5.20. The molecule has 2 fully saturated rings. The molecule has 1 saturated heterocycles. The summed E-state index contributed by atoms with van der Waals surface area (Å²) in [6.07, 6.45) is 5.15. The normalized spacial score (nSPS) is 23.1. The molecule has 3 aliphatic rings. The molecule has 2 aromatic rings. The van der Waals surface area contributed by atoms with E-state index in [1.54, 1.807) is 7.11 Å². The summed E-state index contributed by atoms with van der Waals surface area (Å²) >= 11 is 0. The minimum atomic E-state index is 0.0329. The Bertz CT molecular complexity index is 1050. The van der Waals surface area contributed by atoms with Gasteiger partial charge in [-0.3, -0.25) is 0 Å². The first kappa shape index (κ1) is 23.8. The lowest BCUT2D eigenvalue weighted by Gasteiger charge is -2.33. The molecule has 9 nitrogen and oxygen atoms in total. The van der Waals surface area contributed by atoms with Gasteiger partial charge in [-0.2, -0.15) is 4.98 Å². The largest absolute Gasteiger partial charge is 0.381 e. The van der Waals surface area contributed by atoms with E-state index in [9.17, 15) is 4.79 Å². The standard InChI is InChI=1S/C26H37N7O2/c1-31-11-13-32(14-12-31)24-16-23(29-25(27)30-24)19-4-3-18-9-10-33(17-20(18)15-19)26(34)28-21-5-7-22(35-2)8-6-21/h3-4,15-16,21-22H,5-14,17H2,1-2H3,(H,28,34)(H2,27,29,30). The lowest BCUT2D eigenvalue weighted by molar-refractivity contribution is 0.0626. The maximum atomic E-state index is 13.0. The zero-order valence-electron chi connectivity index (χ0n) is 20.9. The second kappa shape index (κ2) is 10.4. The van der Waals surface area contributed by atoms with E-state index in [1.807, 2.05) is 11.0 Å². The van der Waals surface area contributed by atoms with Gasteiger partial charge in [0.2, 0.25) is 5.95 Å². The Morgan fingerprint density at radius 2 is 1.80 bits per heavy atom. The maximum absolute atomic E-state index is 13.0. The van der Waals surface area contributed by atoms with Crippen molar-refractivity contribution in [2.24, 2.45) is 0 Å². The fourth-order valence-electron chi connectivity index (χ4n) is 5.40. The summed E-state index contributed by atoms with van der Waals surface area (Å²) in [4.78, 5) is 28.6. The molecule has 1 aliphatic carbocycles. The fraction of sp³-hybridized carbons (Fsp3) is 0.577. The Hall–Kier alpha value is -2.91. The van der Waals surface area contributed by atoms with E-state index in [2.05, 4.69) is 50.3 Å². The van der Waals surface area contributed by atoms with Gasteiger partial charge in [0.25, 0.3) is 0 Å². The average molecular weight is 480 g/mol. The molecule has 1 aromatic heterocycles. The first-order chi connectivity index (χ1) is 17.0. The van der Waals surface area contributed by atoms with Crippen LogP contribution in [0, 0.1) is 0 Å². The molecule has 5 rings (SSSR count). The Morgan fingerprint density at radius 1 is 1.03 bits per heavy atom. The number of nitrogen functional groups attached to an aromatic ring is 1. The van der Waals surface area contributed by atoms with Crippen LogP contribution >= 0.6 is 0 Å². The van der Waals surface area contributed by atoms with Crippen LogP contribution in [0.25, 0.3) is 11.3 Å². The molecule has 0 radical (unpaired) electrons. The van der Waals surface area contributed by atoms with Crippen LogP contribution in [-0.4, -0.2) is 84.8 Å². The number of carbonyl (C=O) groups excluding carboxylic acids is 1. The predicted molar refractivity (Wildman–Crippen MR) is 137 cm³/mol. The predicted octanol–water partition coefficient (Wildman–Crippen LogP) is 2.50. The third-order valence-electron chi connectivity index (χ3n) is 7.69. The van der Waals surface area contributed by atoms with Crippen LogP contribution in [0.2, 0.25) is 0 Å². The summed E-state index contributed by atoms with van der Waals surface area (Å²) in [5, 5.41) is 3.25. The van der Waals surface area contributed by atoms with Crippen LogP contribution in [-0.2, 0) is 17.7 Å². The summed E-state index contributed by atoms with van der Waals surface area (Å²) < 4.78 is 5.46. The van der Waals surface area contributed by atoms with Crippen LogP contribution in [0.1, 0.15) is 36.8 Å². The number of benzene rings is 1. The maximum Gasteiger partial charge on any atom is 0.317 e. The van der Waals surface area contributed by atoms with Crippen molar-refractivity contribution in [3.8, 4) is 11.3 Å². The second-order valence-corrected chi connectivity index (χ2v) is 10.1. The topological polar surface area (TPSA) is 99.9 Å². The highest BCUT2D eigenvalue weighted by Gasteiger charge is 2.26. The fourth-order valence-corrected chi connectivity index (χ4v) is 5.40. The van der Waals surface area contributed by atoms with Gasteiger partial charge in [0.15, 0.2) is 0 Å². The Kier molecular flexibility index (Phi) is 7.06. The molecule has 9 heteroatoms. The van der Waals surface area contributed by atoms with Crippen molar-refractivity contribution >= 4 is 17.8 Å². The summed E-state index contributed by atoms with van der Waals surface area (Å²) in [6, 6.07) is 8.74. The minimum absolute atomic E-state index is 0.0329. The summed E-state index contributed by atoms with van der Waals surface area (Å²) in [7, 11) is 3.91. The minimum Gasteiger partial charge on any atom is -0.381 e. The van der Waals surface area contributed by atoms with Gasteiger partial charge in [-0.25, -0.2) is 9.78 Å². The van der Waals surface area contributed by atoms with E-state index in [0.29, 0.717) is 18.6 Å². The number of nitrogens with two attached hydrogens (primary N) is 1. The number of nitrogens with one attached hydrogen (secondary N) is 1. The van der Waals surface area contributed by atoms with Crippen molar-refractivity contribution in [2.75, 3.05) is 57.5 Å². The number of amides is 2. The lowest BCUT2D eigenvalue weighted by atomic mass is 9.93. The zero-order chi connectivity index (χ0) is 24.4. The molecular formula is C26H37N7O2. The highest BCUT2D eigenvalue weighted by atomic mass is 16.5. The number of hydrogen-bond acceptors (Lipinski definition) is 7. The number of ether oxygens (including phenoxy) is 1. The number of likely N-dealkylation sites (N-methyl/N-ethyl adjacent to an activating group) is 1. The van der Waals surface area contributed by atoms with E-state index >= 15 is 0 Å². The Labute approximate surface area is 207 Å². The molecule has 1 saturated carbocycles. The van der Waals surface area contributed by atoms with Crippen LogP contribution in [0.4, 0.5) is 16.6 Å². The van der Waals surface area contributed by atoms with Gasteiger partial charge in [0.05, 0.1) is 11.8 Å². The molecule has 1 aromatic carbocycles. The van der Waals surface area contributed by atoms with Gasteiger partial charge in [0.1, 0.15) is 5.82 Å². The van der Waals surface area contributed by atoms with Gasteiger partial charge >= 0.3 is 6.03 Å². The van der Waals surface area contributed by atoms with Gasteiger partial charge in [-0.15, -0.1) is 0 Å². The first-order valence-electron chi connectivity index (χ1n) is 12.8.